The van der Waals surface area contributed by atoms with Gasteiger partial charge in [-0.15, -0.1) is 0 Å². The lowest BCUT2D eigenvalue weighted by Gasteiger charge is -2.38. The minimum Gasteiger partial charge on any atom is -0.453 e. The lowest BCUT2D eigenvalue weighted by atomic mass is 9.86. The molecule has 3 N–H and O–H groups in total. The number of nitrogens with one attached hydrogen (secondary N) is 3. The topological polar surface area (TPSA) is 134 Å². The number of aromatic amines is 2. The largest absolute Gasteiger partial charge is 0.453 e. The molecule has 2 aliphatic rings. The second-order valence-electron chi connectivity index (χ2n) is 10.7. The molecule has 0 radical (unpaired) electrons. The van der Waals surface area contributed by atoms with Crippen LogP contribution in [0.3, 0.4) is 0 Å². The predicted molar refractivity (Wildman–Crippen MR) is 148 cm³/mol. The fourth-order valence-corrected chi connectivity index (χ4v) is 5.75. The van der Waals surface area contributed by atoms with E-state index in [1.165, 1.54) is 36.3 Å². The van der Waals surface area contributed by atoms with Crippen LogP contribution in [0.4, 0.5) is 22.4 Å². The second-order valence-corrected chi connectivity index (χ2v) is 10.7. The number of piperidine rings is 2. The summed E-state index contributed by atoms with van der Waals surface area (Å²) in [5.41, 5.74) is 0.557. The monoisotopic (exact) mass is 618 g/mol. The van der Waals surface area contributed by atoms with Crippen molar-refractivity contribution < 1.29 is 36.1 Å². The van der Waals surface area contributed by atoms with Gasteiger partial charge in [-0.1, -0.05) is 12.1 Å². The lowest BCUT2D eigenvalue weighted by Crippen LogP contribution is -2.40. The van der Waals surface area contributed by atoms with Crippen LogP contribution in [0.25, 0.3) is 0 Å². The van der Waals surface area contributed by atoms with Gasteiger partial charge in [-0.2, -0.15) is 10.3 Å². The molecule has 10 nitrogen and oxygen atoms in total. The summed E-state index contributed by atoms with van der Waals surface area (Å²) < 4.78 is 68.1. The van der Waals surface area contributed by atoms with Gasteiger partial charge in [0, 0.05) is 36.6 Å². The number of ether oxygens (including phenoxy) is 1. The van der Waals surface area contributed by atoms with E-state index >= 15 is 0 Å². The highest BCUT2D eigenvalue weighted by atomic mass is 19.2. The molecule has 2 fully saturated rings. The van der Waals surface area contributed by atoms with Crippen LogP contribution in [0, 0.1) is 23.3 Å². The van der Waals surface area contributed by atoms with Gasteiger partial charge in [0.1, 0.15) is 11.5 Å². The average Bonchev–Trinajstić information content (AvgIpc) is 3.67. The first-order chi connectivity index (χ1) is 21.1. The first kappa shape index (κ1) is 30.9. The molecule has 0 bridgehead atoms. The Balaban J connectivity index is 0.000000177. The molecule has 234 valence electrons. The zero-order chi connectivity index (χ0) is 31.4. The van der Waals surface area contributed by atoms with E-state index in [9.17, 15) is 31.9 Å². The van der Waals surface area contributed by atoms with Crippen LogP contribution in [0.2, 0.25) is 0 Å². The van der Waals surface area contributed by atoms with Gasteiger partial charge in [0.2, 0.25) is 0 Å². The number of hydrogen-bond donors (Lipinski definition) is 3. The predicted octanol–water partition coefficient (Wildman–Crippen LogP) is 5.39. The number of carbonyl (C=O) groups excluding carboxylic acids is 1. The Hall–Kier alpha value is -4.59. The van der Waals surface area contributed by atoms with Crippen molar-refractivity contribution in [2.24, 2.45) is 0 Å². The smallest absolute Gasteiger partial charge is 0.409 e. The standard InChI is InChI=1S/C16H16F2N2O4.C14H14F2N2O2/c1-23-16(22)20-5-4-10(14-8-15(21)19-24-14)7-13(20)9-2-3-11(17)12(18)6-9;15-10-2-1-8(5-11(10)16)12-6-9(3-4-17-12)13-7-14(19)18-20-13/h2-3,6,8,10,13H,4-5,7H2,1H3,(H,19,21);1-2,5,7,9,12,17H,3-4,6H2,(H,18,19)/t10-,13+;9-,12+/m00/s1. The zero-order valence-electron chi connectivity index (χ0n) is 23.6. The van der Waals surface area contributed by atoms with Crippen molar-refractivity contribution in [2.45, 2.75) is 49.6 Å². The minimum absolute atomic E-state index is 0.0796. The zero-order valence-corrected chi connectivity index (χ0v) is 23.6. The molecule has 2 aromatic heterocycles. The van der Waals surface area contributed by atoms with E-state index in [1.807, 2.05) is 0 Å². The molecule has 0 unspecified atom stereocenters. The number of amides is 1. The number of halogens is 4. The van der Waals surface area contributed by atoms with Crippen molar-refractivity contribution in [1.29, 1.82) is 0 Å². The number of H-pyrrole nitrogens is 2. The second kappa shape index (κ2) is 13.4. The third kappa shape index (κ3) is 6.96. The summed E-state index contributed by atoms with van der Waals surface area (Å²) in [7, 11) is 1.27. The lowest BCUT2D eigenvalue weighted by molar-refractivity contribution is 0.0813. The van der Waals surface area contributed by atoms with Gasteiger partial charge in [0.05, 0.1) is 13.2 Å². The molecule has 44 heavy (non-hydrogen) atoms. The summed E-state index contributed by atoms with van der Waals surface area (Å²) >= 11 is 0. The molecule has 2 aromatic carbocycles. The van der Waals surface area contributed by atoms with Crippen LogP contribution in [0.1, 0.15) is 72.3 Å². The number of benzene rings is 2. The molecule has 4 aromatic rings. The first-order valence-electron chi connectivity index (χ1n) is 14.0. The van der Waals surface area contributed by atoms with Gasteiger partial charge in [-0.3, -0.25) is 9.59 Å². The SMILES string of the molecule is COC(=O)N1CC[C@H](c2cc(=O)[nH]o2)C[C@@H]1c1ccc(F)c(F)c1.O=c1cc([C@H]2CCN[C@@H](c3ccc(F)c(F)c3)C2)o[nH]1. The van der Waals surface area contributed by atoms with E-state index in [0.717, 1.165) is 31.2 Å². The highest BCUT2D eigenvalue weighted by Crippen LogP contribution is 2.39. The number of hydrogen-bond acceptors (Lipinski definition) is 7. The molecule has 14 heteroatoms. The highest BCUT2D eigenvalue weighted by Gasteiger charge is 2.36. The summed E-state index contributed by atoms with van der Waals surface area (Å²) in [6, 6.07) is 9.68. The Labute approximate surface area is 247 Å². The number of methoxy groups -OCH3 is 1. The molecule has 4 heterocycles. The number of rotatable bonds is 4. The summed E-state index contributed by atoms with van der Waals surface area (Å²) in [5.74, 6) is -2.56. The number of likely N-dealkylation sites (tertiary alicyclic amines) is 1. The van der Waals surface area contributed by atoms with Gasteiger partial charge in [0.25, 0.3) is 11.1 Å². The van der Waals surface area contributed by atoms with Crippen LogP contribution >= 0.6 is 0 Å². The maximum absolute atomic E-state index is 13.6. The fraction of sp³-hybridized carbons (Fsp3) is 0.367. The fourth-order valence-electron chi connectivity index (χ4n) is 5.75. The van der Waals surface area contributed by atoms with E-state index in [0.29, 0.717) is 48.5 Å². The van der Waals surface area contributed by atoms with E-state index in [1.54, 1.807) is 6.07 Å². The van der Waals surface area contributed by atoms with Crippen molar-refractivity contribution >= 4 is 6.09 Å². The van der Waals surface area contributed by atoms with Gasteiger partial charge >= 0.3 is 6.09 Å². The molecule has 6 rings (SSSR count). The molecule has 4 atom stereocenters. The Morgan fingerprint density at radius 3 is 1.91 bits per heavy atom. The van der Waals surface area contributed by atoms with Crippen LogP contribution in [-0.2, 0) is 4.74 Å². The molecule has 0 saturated carbocycles. The summed E-state index contributed by atoms with van der Waals surface area (Å²) in [4.78, 5) is 35.8. The van der Waals surface area contributed by atoms with Gasteiger partial charge in [-0.05, 0) is 67.6 Å². The van der Waals surface area contributed by atoms with E-state index in [2.05, 4.69) is 15.6 Å². The highest BCUT2D eigenvalue weighted by molar-refractivity contribution is 5.68. The third-order valence-corrected chi connectivity index (χ3v) is 7.98. The van der Waals surface area contributed by atoms with Gasteiger partial charge in [-0.25, -0.2) is 22.4 Å². The Kier molecular flexibility index (Phi) is 9.37. The van der Waals surface area contributed by atoms with Crippen LogP contribution < -0.4 is 16.4 Å². The Morgan fingerprint density at radius 2 is 1.36 bits per heavy atom. The average molecular weight is 619 g/mol. The third-order valence-electron chi connectivity index (χ3n) is 7.98. The van der Waals surface area contributed by atoms with Gasteiger partial charge in [0.15, 0.2) is 23.3 Å². The number of nitrogens with zero attached hydrogens (tertiary/aromatic N) is 1. The van der Waals surface area contributed by atoms with Crippen molar-refractivity contribution in [3.05, 3.63) is 115 Å². The molecule has 2 aliphatic heterocycles. The number of aromatic nitrogens is 2. The van der Waals surface area contributed by atoms with Crippen LogP contribution in [0.5, 0.6) is 0 Å². The molecular formula is C30H30F4N4O6. The van der Waals surface area contributed by atoms with Gasteiger partial charge < -0.3 is 24.0 Å². The Morgan fingerprint density at radius 1 is 0.795 bits per heavy atom. The molecule has 1 amide bonds. The molecule has 0 aliphatic carbocycles. The van der Waals surface area contributed by atoms with Crippen molar-refractivity contribution in [2.75, 3.05) is 20.2 Å². The summed E-state index contributed by atoms with van der Waals surface area (Å²) in [6.45, 7) is 1.07. The van der Waals surface area contributed by atoms with E-state index < -0.39 is 35.4 Å². The normalized spacial score (nSPS) is 21.8. The Bertz CT molecular complexity index is 1720. The van der Waals surface area contributed by atoms with Crippen molar-refractivity contribution in [3.63, 3.8) is 0 Å². The molecule has 2 saturated heterocycles. The minimum atomic E-state index is -0.979. The van der Waals surface area contributed by atoms with E-state index in [-0.39, 0.29) is 29.0 Å². The van der Waals surface area contributed by atoms with E-state index in [4.69, 9.17) is 13.8 Å². The molecular weight excluding hydrogens is 588 g/mol. The number of carbonyl (C=O) groups is 1. The quantitative estimate of drug-likeness (QED) is 0.261. The van der Waals surface area contributed by atoms with Crippen LogP contribution in [0.15, 0.2) is 67.2 Å². The maximum Gasteiger partial charge on any atom is 0.409 e. The first-order valence-corrected chi connectivity index (χ1v) is 14.0. The van der Waals surface area contributed by atoms with Crippen molar-refractivity contribution in [1.82, 2.24) is 20.5 Å². The molecule has 0 spiro atoms. The maximum atomic E-state index is 13.6. The summed E-state index contributed by atoms with van der Waals surface area (Å²) in [6.07, 6.45) is 1.93. The van der Waals surface area contributed by atoms with Crippen molar-refractivity contribution in [3.8, 4) is 0 Å². The van der Waals surface area contributed by atoms with Crippen LogP contribution in [-0.4, -0.2) is 41.5 Å². The summed E-state index contributed by atoms with van der Waals surface area (Å²) in [5, 5.41) is 7.78.